The van der Waals surface area contributed by atoms with Crippen LogP contribution in [0.5, 0.6) is 0 Å². The van der Waals surface area contributed by atoms with Gasteiger partial charge in [0.05, 0.1) is 6.04 Å². The summed E-state index contributed by atoms with van der Waals surface area (Å²) in [6, 6.07) is 6.45. The predicted molar refractivity (Wildman–Crippen MR) is 85.2 cm³/mol. The maximum Gasteiger partial charge on any atom is 0.223 e. The summed E-state index contributed by atoms with van der Waals surface area (Å²) in [5, 5.41) is 6.36. The molecule has 1 amide bonds. The van der Waals surface area contributed by atoms with E-state index in [2.05, 4.69) is 49.6 Å². The SMILES string of the molecule is Cc1ccc(C(C)NC(=O)C(C)C2CNC2)c(C)c1.Cl. The van der Waals surface area contributed by atoms with Crippen LogP contribution in [0, 0.1) is 25.7 Å². The van der Waals surface area contributed by atoms with Crippen molar-refractivity contribution in [3.05, 3.63) is 34.9 Å². The van der Waals surface area contributed by atoms with Gasteiger partial charge in [-0.15, -0.1) is 12.4 Å². The lowest BCUT2D eigenvalue weighted by molar-refractivity contribution is -0.127. The highest BCUT2D eigenvalue weighted by Crippen LogP contribution is 2.21. The number of hydrogen-bond acceptors (Lipinski definition) is 2. The summed E-state index contributed by atoms with van der Waals surface area (Å²) in [5.74, 6) is 0.750. The summed E-state index contributed by atoms with van der Waals surface area (Å²) in [5.41, 5.74) is 3.71. The molecule has 2 atom stereocenters. The number of amides is 1. The zero-order valence-corrected chi connectivity index (χ0v) is 13.5. The van der Waals surface area contributed by atoms with Crippen molar-refractivity contribution in [2.45, 2.75) is 33.7 Å². The van der Waals surface area contributed by atoms with Gasteiger partial charge < -0.3 is 10.6 Å². The Morgan fingerprint density at radius 3 is 2.45 bits per heavy atom. The van der Waals surface area contributed by atoms with Crippen LogP contribution in [-0.4, -0.2) is 19.0 Å². The summed E-state index contributed by atoms with van der Waals surface area (Å²) < 4.78 is 0. The van der Waals surface area contributed by atoms with Gasteiger partial charge in [0.25, 0.3) is 0 Å². The van der Waals surface area contributed by atoms with Gasteiger partial charge in [-0.25, -0.2) is 0 Å². The highest BCUT2D eigenvalue weighted by atomic mass is 35.5. The van der Waals surface area contributed by atoms with Crippen molar-refractivity contribution < 1.29 is 4.79 Å². The van der Waals surface area contributed by atoms with Crippen LogP contribution < -0.4 is 10.6 Å². The number of aryl methyl sites for hydroxylation is 2. The highest BCUT2D eigenvalue weighted by molar-refractivity contribution is 5.85. The number of nitrogens with one attached hydrogen (secondary N) is 2. The summed E-state index contributed by atoms with van der Waals surface area (Å²) in [7, 11) is 0. The van der Waals surface area contributed by atoms with Crippen molar-refractivity contribution in [3.63, 3.8) is 0 Å². The Labute approximate surface area is 127 Å². The Morgan fingerprint density at radius 2 is 1.95 bits per heavy atom. The minimum atomic E-state index is 0. The van der Waals surface area contributed by atoms with E-state index in [1.165, 1.54) is 16.7 Å². The molecule has 2 N–H and O–H groups in total. The van der Waals surface area contributed by atoms with E-state index in [-0.39, 0.29) is 30.3 Å². The van der Waals surface area contributed by atoms with E-state index in [1.807, 2.05) is 6.92 Å². The van der Waals surface area contributed by atoms with Crippen LogP contribution in [0.3, 0.4) is 0 Å². The number of hydrogen-bond donors (Lipinski definition) is 2. The first-order chi connectivity index (χ1) is 8.99. The van der Waals surface area contributed by atoms with Crippen LogP contribution in [0.25, 0.3) is 0 Å². The second kappa shape index (κ2) is 7.09. The van der Waals surface area contributed by atoms with Crippen LogP contribution in [0.15, 0.2) is 18.2 Å². The van der Waals surface area contributed by atoms with Gasteiger partial charge in [0.2, 0.25) is 5.91 Å². The molecule has 0 aromatic heterocycles. The average Bonchev–Trinajstić information content (AvgIpc) is 2.25. The first-order valence-corrected chi connectivity index (χ1v) is 7.07. The van der Waals surface area contributed by atoms with Crippen molar-refractivity contribution in [3.8, 4) is 0 Å². The number of rotatable bonds is 4. The van der Waals surface area contributed by atoms with E-state index >= 15 is 0 Å². The lowest BCUT2D eigenvalue weighted by Gasteiger charge is -2.32. The van der Waals surface area contributed by atoms with Crippen LogP contribution >= 0.6 is 12.4 Å². The molecule has 0 saturated carbocycles. The van der Waals surface area contributed by atoms with E-state index in [0.717, 1.165) is 13.1 Å². The maximum absolute atomic E-state index is 12.2. The van der Waals surface area contributed by atoms with Gasteiger partial charge in [0, 0.05) is 5.92 Å². The topological polar surface area (TPSA) is 41.1 Å². The molecule has 1 aliphatic rings. The van der Waals surface area contributed by atoms with Crippen molar-refractivity contribution in [1.82, 2.24) is 10.6 Å². The fourth-order valence-electron chi connectivity index (χ4n) is 2.61. The lowest BCUT2D eigenvalue weighted by Crippen LogP contribution is -2.49. The second-order valence-electron chi connectivity index (χ2n) is 5.80. The Morgan fingerprint density at radius 1 is 1.30 bits per heavy atom. The van der Waals surface area contributed by atoms with E-state index in [4.69, 9.17) is 0 Å². The van der Waals surface area contributed by atoms with Gasteiger partial charge >= 0.3 is 0 Å². The molecule has 2 rings (SSSR count). The maximum atomic E-state index is 12.2. The monoisotopic (exact) mass is 296 g/mol. The zero-order chi connectivity index (χ0) is 14.0. The van der Waals surface area contributed by atoms with Crippen molar-refractivity contribution in [1.29, 1.82) is 0 Å². The quantitative estimate of drug-likeness (QED) is 0.897. The molecule has 0 aliphatic carbocycles. The normalized spacial score (nSPS) is 17.6. The standard InChI is InChI=1S/C16H24N2O.ClH/c1-10-5-6-15(11(2)7-10)13(4)18-16(19)12(3)14-8-17-9-14;/h5-7,12-14,17H,8-9H2,1-4H3,(H,18,19);1H. The predicted octanol–water partition coefficient (Wildman–Crippen LogP) is 2.76. The molecule has 4 heteroatoms. The minimum absolute atomic E-state index is 0. The molecule has 1 aromatic carbocycles. The van der Waals surface area contributed by atoms with Gasteiger partial charge in [0.1, 0.15) is 0 Å². The Bertz CT molecular complexity index is 472. The number of benzene rings is 1. The van der Waals surface area contributed by atoms with Gasteiger partial charge in [-0.05, 0) is 50.9 Å². The molecular formula is C16H25ClN2O. The van der Waals surface area contributed by atoms with Crippen molar-refractivity contribution in [2.24, 2.45) is 11.8 Å². The zero-order valence-electron chi connectivity index (χ0n) is 12.7. The fourth-order valence-corrected chi connectivity index (χ4v) is 2.61. The van der Waals surface area contributed by atoms with Crippen LogP contribution in [0.1, 0.15) is 36.6 Å². The molecule has 20 heavy (non-hydrogen) atoms. The highest BCUT2D eigenvalue weighted by Gasteiger charge is 2.29. The molecular weight excluding hydrogens is 272 g/mol. The molecule has 0 bridgehead atoms. The molecule has 1 fully saturated rings. The van der Waals surface area contributed by atoms with Crippen molar-refractivity contribution >= 4 is 18.3 Å². The third kappa shape index (κ3) is 3.74. The molecule has 112 valence electrons. The molecule has 1 aliphatic heterocycles. The Kier molecular flexibility index (Phi) is 6.03. The van der Waals surface area contributed by atoms with E-state index in [1.54, 1.807) is 0 Å². The smallest absolute Gasteiger partial charge is 0.223 e. The summed E-state index contributed by atoms with van der Waals surface area (Å²) >= 11 is 0. The first-order valence-electron chi connectivity index (χ1n) is 7.07. The fraction of sp³-hybridized carbons (Fsp3) is 0.562. The van der Waals surface area contributed by atoms with E-state index in [0.29, 0.717) is 5.92 Å². The number of carbonyl (C=O) groups is 1. The minimum Gasteiger partial charge on any atom is -0.349 e. The number of halogens is 1. The van der Waals surface area contributed by atoms with Crippen molar-refractivity contribution in [2.75, 3.05) is 13.1 Å². The molecule has 2 unspecified atom stereocenters. The largest absolute Gasteiger partial charge is 0.349 e. The third-order valence-electron chi connectivity index (χ3n) is 4.18. The van der Waals surface area contributed by atoms with Gasteiger partial charge in [-0.2, -0.15) is 0 Å². The summed E-state index contributed by atoms with van der Waals surface area (Å²) in [4.78, 5) is 12.2. The molecule has 0 spiro atoms. The lowest BCUT2D eigenvalue weighted by atomic mass is 9.88. The Balaban J connectivity index is 0.00000200. The summed E-state index contributed by atoms with van der Waals surface area (Å²) in [6.07, 6.45) is 0. The number of carbonyl (C=O) groups excluding carboxylic acids is 1. The van der Waals surface area contributed by atoms with Crippen LogP contribution in [0.2, 0.25) is 0 Å². The van der Waals surface area contributed by atoms with E-state index < -0.39 is 0 Å². The molecule has 1 heterocycles. The molecule has 3 nitrogen and oxygen atoms in total. The summed E-state index contributed by atoms with van der Waals surface area (Å²) in [6.45, 7) is 10.2. The van der Waals surface area contributed by atoms with Crippen LogP contribution in [-0.2, 0) is 4.79 Å². The van der Waals surface area contributed by atoms with Gasteiger partial charge in [-0.1, -0.05) is 30.7 Å². The average molecular weight is 297 g/mol. The molecule has 1 aromatic rings. The molecule has 1 saturated heterocycles. The van der Waals surface area contributed by atoms with Gasteiger partial charge in [0.15, 0.2) is 0 Å². The Hall–Kier alpha value is -1.06. The molecule has 0 radical (unpaired) electrons. The van der Waals surface area contributed by atoms with E-state index in [9.17, 15) is 4.79 Å². The van der Waals surface area contributed by atoms with Crippen LogP contribution in [0.4, 0.5) is 0 Å². The second-order valence-corrected chi connectivity index (χ2v) is 5.80. The first kappa shape index (κ1) is 17.0. The van der Waals surface area contributed by atoms with Gasteiger partial charge in [-0.3, -0.25) is 4.79 Å². The third-order valence-corrected chi connectivity index (χ3v) is 4.18.